The molecule has 1 aliphatic rings. The molecule has 0 spiro atoms. The number of fused-ring (bicyclic) bond motifs is 1. The van der Waals surface area contributed by atoms with Gasteiger partial charge in [0.25, 0.3) is 5.78 Å². The van der Waals surface area contributed by atoms with E-state index in [4.69, 9.17) is 4.74 Å². The molecule has 0 bridgehead atoms. The Labute approximate surface area is 102 Å². The third-order valence-corrected chi connectivity index (χ3v) is 2.80. The van der Waals surface area contributed by atoms with E-state index in [-0.39, 0.29) is 17.5 Å². The van der Waals surface area contributed by atoms with Gasteiger partial charge in [-0.25, -0.2) is 9.78 Å². The van der Waals surface area contributed by atoms with Crippen molar-refractivity contribution in [1.29, 1.82) is 0 Å². The van der Waals surface area contributed by atoms with E-state index in [2.05, 4.69) is 15.1 Å². The van der Waals surface area contributed by atoms with E-state index in [9.17, 15) is 9.90 Å². The molecule has 7 heteroatoms. The van der Waals surface area contributed by atoms with Crippen LogP contribution in [0.15, 0.2) is 6.07 Å². The minimum absolute atomic E-state index is 0.0698. The summed E-state index contributed by atoms with van der Waals surface area (Å²) in [7, 11) is 0. The molecule has 2 heterocycles. The summed E-state index contributed by atoms with van der Waals surface area (Å²) in [6, 6.07) is 1.72. The predicted molar refractivity (Wildman–Crippen MR) is 60.9 cm³/mol. The first-order valence-corrected chi connectivity index (χ1v) is 5.83. The Hall–Kier alpha value is -2.18. The molecule has 0 saturated heterocycles. The zero-order valence-corrected chi connectivity index (χ0v) is 9.83. The van der Waals surface area contributed by atoms with E-state index in [1.165, 1.54) is 4.52 Å². The molecule has 2 aromatic rings. The average molecular weight is 248 g/mol. The summed E-state index contributed by atoms with van der Waals surface area (Å²) in [5.74, 6) is -0.405. The van der Waals surface area contributed by atoms with Crippen molar-refractivity contribution in [3.05, 3.63) is 17.5 Å². The number of carboxylic acids is 1. The van der Waals surface area contributed by atoms with Crippen LogP contribution in [0.25, 0.3) is 5.78 Å². The smallest absolute Gasteiger partial charge is 0.354 e. The summed E-state index contributed by atoms with van der Waals surface area (Å²) in [4.78, 5) is 19.6. The van der Waals surface area contributed by atoms with Crippen LogP contribution < -0.4 is 4.74 Å². The van der Waals surface area contributed by atoms with Gasteiger partial charge in [0.05, 0.1) is 6.61 Å². The van der Waals surface area contributed by atoms with Crippen LogP contribution in [0.4, 0.5) is 0 Å². The minimum Gasteiger partial charge on any atom is -0.477 e. The number of nitrogens with zero attached hydrogens (tertiary/aromatic N) is 4. The second kappa shape index (κ2) is 3.94. The van der Waals surface area contributed by atoms with E-state index in [1.54, 1.807) is 6.07 Å². The molecule has 0 atom stereocenters. The minimum atomic E-state index is -1.04. The highest BCUT2D eigenvalue weighted by Gasteiger charge is 2.28. The lowest BCUT2D eigenvalue weighted by molar-refractivity contribution is 0.0687. The Morgan fingerprint density at radius 1 is 1.56 bits per heavy atom. The van der Waals surface area contributed by atoms with E-state index in [1.807, 2.05) is 6.92 Å². The van der Waals surface area contributed by atoms with Crippen LogP contribution in [0.5, 0.6) is 6.01 Å². The lowest BCUT2D eigenvalue weighted by Crippen LogP contribution is -2.09. The van der Waals surface area contributed by atoms with Gasteiger partial charge in [-0.05, 0) is 25.8 Å². The van der Waals surface area contributed by atoms with Gasteiger partial charge < -0.3 is 9.84 Å². The van der Waals surface area contributed by atoms with Crippen LogP contribution >= 0.6 is 0 Å². The summed E-state index contributed by atoms with van der Waals surface area (Å²) in [6.45, 7) is 2.24. The van der Waals surface area contributed by atoms with Crippen LogP contribution in [-0.4, -0.2) is 37.3 Å². The normalized spacial score (nSPS) is 14.9. The van der Waals surface area contributed by atoms with Crippen molar-refractivity contribution in [2.24, 2.45) is 0 Å². The number of aromatic nitrogens is 4. The number of hydrogen-bond acceptors (Lipinski definition) is 5. The number of ether oxygens (including phenoxy) is 1. The first-order chi connectivity index (χ1) is 8.69. The maximum atomic E-state index is 11.2. The molecule has 1 fully saturated rings. The van der Waals surface area contributed by atoms with Crippen molar-refractivity contribution in [3.63, 3.8) is 0 Å². The van der Waals surface area contributed by atoms with Crippen molar-refractivity contribution < 1.29 is 14.6 Å². The van der Waals surface area contributed by atoms with Gasteiger partial charge in [-0.15, -0.1) is 5.10 Å². The highest BCUT2D eigenvalue weighted by molar-refractivity contribution is 5.86. The second-order valence-corrected chi connectivity index (χ2v) is 4.18. The van der Waals surface area contributed by atoms with Gasteiger partial charge >= 0.3 is 12.0 Å². The number of aromatic carboxylic acids is 1. The SMILES string of the molecule is CCOc1nc2nc(C3CC3)cc(C(=O)O)n2n1. The summed E-state index contributed by atoms with van der Waals surface area (Å²) < 4.78 is 6.37. The van der Waals surface area contributed by atoms with Crippen LogP contribution in [0.1, 0.15) is 41.9 Å². The predicted octanol–water partition coefficient (Wildman–Crippen LogP) is 1.10. The zero-order valence-electron chi connectivity index (χ0n) is 9.83. The standard InChI is InChI=1S/C11H12N4O3/c1-2-18-11-13-10-12-7(6-3-4-6)5-8(9(16)17)15(10)14-11/h5-6H,2-4H2,1H3,(H,16,17). The van der Waals surface area contributed by atoms with E-state index in [0.29, 0.717) is 12.5 Å². The van der Waals surface area contributed by atoms with Crippen molar-refractivity contribution >= 4 is 11.7 Å². The summed E-state index contributed by atoms with van der Waals surface area (Å²) in [5.41, 5.74) is 0.843. The molecule has 1 N–H and O–H groups in total. The van der Waals surface area contributed by atoms with Crippen LogP contribution in [0.2, 0.25) is 0 Å². The van der Waals surface area contributed by atoms with Gasteiger partial charge in [0.1, 0.15) is 0 Å². The Balaban J connectivity index is 2.17. The van der Waals surface area contributed by atoms with Crippen molar-refractivity contribution in [3.8, 4) is 6.01 Å². The molecule has 0 amide bonds. The molecule has 0 aliphatic heterocycles. The van der Waals surface area contributed by atoms with Crippen molar-refractivity contribution in [1.82, 2.24) is 19.6 Å². The maximum absolute atomic E-state index is 11.2. The Morgan fingerprint density at radius 3 is 2.94 bits per heavy atom. The van der Waals surface area contributed by atoms with Gasteiger partial charge in [-0.2, -0.15) is 9.50 Å². The maximum Gasteiger partial charge on any atom is 0.354 e. The Morgan fingerprint density at radius 2 is 2.33 bits per heavy atom. The third-order valence-electron chi connectivity index (χ3n) is 2.80. The van der Waals surface area contributed by atoms with Crippen LogP contribution in [-0.2, 0) is 0 Å². The third kappa shape index (κ3) is 1.77. The molecule has 7 nitrogen and oxygen atoms in total. The molecule has 0 aromatic carbocycles. The monoisotopic (exact) mass is 248 g/mol. The topological polar surface area (TPSA) is 89.6 Å². The van der Waals surface area contributed by atoms with Gasteiger partial charge in [0, 0.05) is 11.6 Å². The molecule has 3 rings (SSSR count). The number of carboxylic acid groups (broad SMARTS) is 1. The summed E-state index contributed by atoms with van der Waals surface area (Å²) >= 11 is 0. The van der Waals surface area contributed by atoms with Crippen molar-refractivity contribution in [2.75, 3.05) is 6.61 Å². The molecule has 94 valence electrons. The summed E-state index contributed by atoms with van der Waals surface area (Å²) in [6.07, 6.45) is 2.10. The number of rotatable bonds is 4. The first kappa shape index (κ1) is 10.9. The highest BCUT2D eigenvalue weighted by atomic mass is 16.5. The number of hydrogen-bond donors (Lipinski definition) is 1. The van der Waals surface area contributed by atoms with Gasteiger partial charge in [-0.1, -0.05) is 0 Å². The zero-order chi connectivity index (χ0) is 12.7. The van der Waals surface area contributed by atoms with Gasteiger partial charge in [0.15, 0.2) is 5.69 Å². The molecular weight excluding hydrogens is 236 g/mol. The highest BCUT2D eigenvalue weighted by Crippen LogP contribution is 2.39. The Bertz CT molecular complexity index is 618. The molecule has 2 aromatic heterocycles. The molecule has 1 saturated carbocycles. The fourth-order valence-electron chi connectivity index (χ4n) is 1.80. The molecule has 18 heavy (non-hydrogen) atoms. The second-order valence-electron chi connectivity index (χ2n) is 4.18. The van der Waals surface area contributed by atoms with Crippen LogP contribution in [0.3, 0.4) is 0 Å². The molecule has 0 radical (unpaired) electrons. The Kier molecular flexibility index (Phi) is 2.39. The van der Waals surface area contributed by atoms with Crippen LogP contribution in [0, 0.1) is 0 Å². The lowest BCUT2D eigenvalue weighted by atomic mass is 10.2. The van der Waals surface area contributed by atoms with Crippen molar-refractivity contribution in [2.45, 2.75) is 25.7 Å². The average Bonchev–Trinajstić information content (AvgIpc) is 3.09. The quantitative estimate of drug-likeness (QED) is 0.871. The summed E-state index contributed by atoms with van der Waals surface area (Å²) in [5, 5.41) is 13.2. The molecule has 1 aliphatic carbocycles. The van der Waals surface area contributed by atoms with E-state index >= 15 is 0 Å². The first-order valence-electron chi connectivity index (χ1n) is 5.83. The number of carbonyl (C=O) groups is 1. The van der Waals surface area contributed by atoms with Gasteiger partial charge in [-0.3, -0.25) is 0 Å². The fourth-order valence-corrected chi connectivity index (χ4v) is 1.80. The molecular formula is C11H12N4O3. The van der Waals surface area contributed by atoms with E-state index in [0.717, 1.165) is 18.5 Å². The molecule has 0 unspecified atom stereocenters. The largest absolute Gasteiger partial charge is 0.477 e. The fraction of sp³-hybridized carbons (Fsp3) is 0.455. The van der Waals surface area contributed by atoms with E-state index < -0.39 is 5.97 Å². The van der Waals surface area contributed by atoms with Gasteiger partial charge in [0.2, 0.25) is 0 Å². The lowest BCUT2D eigenvalue weighted by Gasteiger charge is -2.01.